The Bertz CT molecular complexity index is 900. The van der Waals surface area contributed by atoms with Gasteiger partial charge in [-0.25, -0.2) is 4.98 Å². The van der Waals surface area contributed by atoms with Crippen molar-refractivity contribution in [2.45, 2.75) is 38.1 Å². The second kappa shape index (κ2) is 7.14. The highest BCUT2D eigenvalue weighted by Crippen LogP contribution is 2.27. The molecule has 7 heteroatoms. The molecule has 0 saturated heterocycles. The molecule has 6 nitrogen and oxygen atoms in total. The molecule has 2 heterocycles. The molecule has 0 radical (unpaired) electrons. The lowest BCUT2D eigenvalue weighted by molar-refractivity contribution is -0.115. The second-order valence-electron chi connectivity index (χ2n) is 5.88. The molecule has 0 saturated carbocycles. The molecule has 130 valence electrons. The van der Waals surface area contributed by atoms with E-state index in [1.807, 2.05) is 23.8 Å². The standard InChI is InChI=1S/C18H20N4O2S/c1-11-6-5-7-15(13(11)3)22-9-8-19-18(22)25-14(4)17(23)20-16-10-12(2)21-24-16/h5-10,14H,1-4H3,(H,20,23). The molecule has 1 N–H and O–H groups in total. The monoisotopic (exact) mass is 356 g/mol. The lowest BCUT2D eigenvalue weighted by Crippen LogP contribution is -2.22. The van der Waals surface area contributed by atoms with Crippen molar-refractivity contribution in [3.8, 4) is 5.69 Å². The summed E-state index contributed by atoms with van der Waals surface area (Å²) in [6, 6.07) is 7.84. The number of rotatable bonds is 5. The number of hydrogen-bond acceptors (Lipinski definition) is 5. The number of imidazole rings is 1. The van der Waals surface area contributed by atoms with Crippen LogP contribution < -0.4 is 5.32 Å². The van der Waals surface area contributed by atoms with Gasteiger partial charge in [-0.05, 0) is 44.9 Å². The van der Waals surface area contributed by atoms with Crippen LogP contribution in [0.1, 0.15) is 23.7 Å². The lowest BCUT2D eigenvalue weighted by atomic mass is 10.1. The number of nitrogens with zero attached hydrogens (tertiary/aromatic N) is 3. The summed E-state index contributed by atoms with van der Waals surface area (Å²) in [7, 11) is 0. The van der Waals surface area contributed by atoms with Gasteiger partial charge in [0.2, 0.25) is 11.8 Å². The van der Waals surface area contributed by atoms with Crippen LogP contribution in [0.2, 0.25) is 0 Å². The zero-order valence-electron chi connectivity index (χ0n) is 14.6. The van der Waals surface area contributed by atoms with Crippen molar-refractivity contribution in [3.63, 3.8) is 0 Å². The zero-order valence-corrected chi connectivity index (χ0v) is 15.4. The van der Waals surface area contributed by atoms with Gasteiger partial charge in [-0.2, -0.15) is 0 Å². The average molecular weight is 356 g/mol. The van der Waals surface area contributed by atoms with Gasteiger partial charge >= 0.3 is 0 Å². The number of carbonyl (C=O) groups excluding carboxylic acids is 1. The van der Waals surface area contributed by atoms with E-state index in [-0.39, 0.29) is 11.2 Å². The normalized spacial score (nSPS) is 12.2. The summed E-state index contributed by atoms with van der Waals surface area (Å²) < 4.78 is 7.04. The van der Waals surface area contributed by atoms with Gasteiger partial charge in [0.15, 0.2) is 5.16 Å². The third kappa shape index (κ3) is 3.76. The molecule has 3 aromatic rings. The van der Waals surface area contributed by atoms with E-state index in [1.165, 1.54) is 22.9 Å². The minimum atomic E-state index is -0.336. The molecular formula is C18H20N4O2S. The Labute approximate surface area is 150 Å². The number of thioether (sulfide) groups is 1. The van der Waals surface area contributed by atoms with E-state index in [0.717, 1.165) is 16.5 Å². The Morgan fingerprint density at radius 2 is 2.12 bits per heavy atom. The first kappa shape index (κ1) is 17.3. The van der Waals surface area contributed by atoms with Crippen LogP contribution in [0, 0.1) is 20.8 Å². The molecule has 3 rings (SSSR count). The molecular weight excluding hydrogens is 336 g/mol. The van der Waals surface area contributed by atoms with Crippen molar-refractivity contribution in [2.75, 3.05) is 5.32 Å². The molecule has 0 spiro atoms. The van der Waals surface area contributed by atoms with E-state index >= 15 is 0 Å². The Morgan fingerprint density at radius 3 is 2.84 bits per heavy atom. The van der Waals surface area contributed by atoms with Crippen LogP contribution in [0.5, 0.6) is 0 Å². The minimum Gasteiger partial charge on any atom is -0.338 e. The maximum Gasteiger partial charge on any atom is 0.240 e. The van der Waals surface area contributed by atoms with Crippen LogP contribution in [-0.4, -0.2) is 25.9 Å². The fourth-order valence-corrected chi connectivity index (χ4v) is 3.29. The predicted octanol–water partition coefficient (Wildman–Crippen LogP) is 3.90. The number of amides is 1. The van der Waals surface area contributed by atoms with Crippen molar-refractivity contribution >= 4 is 23.6 Å². The van der Waals surface area contributed by atoms with Gasteiger partial charge in [0, 0.05) is 18.5 Å². The molecule has 1 aromatic carbocycles. The van der Waals surface area contributed by atoms with Crippen molar-refractivity contribution in [1.82, 2.24) is 14.7 Å². The molecule has 0 aliphatic carbocycles. The third-order valence-electron chi connectivity index (χ3n) is 3.97. The number of aromatic nitrogens is 3. The number of anilines is 1. The van der Waals surface area contributed by atoms with Gasteiger partial charge in [0.1, 0.15) is 0 Å². The maximum atomic E-state index is 12.4. The molecule has 1 atom stereocenters. The first-order chi connectivity index (χ1) is 12.0. The smallest absolute Gasteiger partial charge is 0.240 e. The lowest BCUT2D eigenvalue weighted by Gasteiger charge is -2.14. The Balaban J connectivity index is 1.76. The summed E-state index contributed by atoms with van der Waals surface area (Å²) in [5, 5.41) is 6.92. The van der Waals surface area contributed by atoms with Crippen LogP contribution in [-0.2, 0) is 4.79 Å². The van der Waals surface area contributed by atoms with Crippen LogP contribution in [0.3, 0.4) is 0 Å². The highest BCUT2D eigenvalue weighted by atomic mass is 32.2. The number of hydrogen-bond donors (Lipinski definition) is 1. The first-order valence-electron chi connectivity index (χ1n) is 7.96. The van der Waals surface area contributed by atoms with Gasteiger partial charge in [-0.15, -0.1) is 0 Å². The number of benzene rings is 1. The van der Waals surface area contributed by atoms with Crippen molar-refractivity contribution in [3.05, 3.63) is 53.5 Å². The number of aryl methyl sites for hydroxylation is 2. The largest absolute Gasteiger partial charge is 0.338 e. The number of carbonyl (C=O) groups is 1. The SMILES string of the molecule is Cc1cc(NC(=O)C(C)Sc2nccn2-c2cccc(C)c2C)on1. The summed E-state index contributed by atoms with van der Waals surface area (Å²) in [5.41, 5.74) is 4.20. The fourth-order valence-electron chi connectivity index (χ4n) is 2.41. The van der Waals surface area contributed by atoms with E-state index < -0.39 is 0 Å². The zero-order chi connectivity index (χ0) is 18.0. The summed E-state index contributed by atoms with van der Waals surface area (Å²) in [4.78, 5) is 16.8. The second-order valence-corrected chi connectivity index (χ2v) is 7.19. The maximum absolute atomic E-state index is 12.4. The van der Waals surface area contributed by atoms with Gasteiger partial charge in [0.25, 0.3) is 0 Å². The summed E-state index contributed by atoms with van der Waals surface area (Å²) in [6.07, 6.45) is 3.66. The van der Waals surface area contributed by atoms with Crippen LogP contribution in [0.15, 0.2) is 46.3 Å². The molecule has 0 aliphatic rings. The Hall–Kier alpha value is -2.54. The van der Waals surface area contributed by atoms with Gasteiger partial charge < -0.3 is 4.52 Å². The van der Waals surface area contributed by atoms with Gasteiger partial charge in [-0.1, -0.05) is 29.1 Å². The van der Waals surface area contributed by atoms with Gasteiger partial charge in [0.05, 0.1) is 16.6 Å². The molecule has 25 heavy (non-hydrogen) atoms. The average Bonchev–Trinajstić information content (AvgIpc) is 3.19. The summed E-state index contributed by atoms with van der Waals surface area (Å²) >= 11 is 1.40. The van der Waals surface area contributed by atoms with E-state index in [1.54, 1.807) is 19.2 Å². The van der Waals surface area contributed by atoms with E-state index in [2.05, 4.69) is 41.4 Å². The summed E-state index contributed by atoms with van der Waals surface area (Å²) in [5.74, 6) is 0.199. The predicted molar refractivity (Wildman–Crippen MR) is 98.2 cm³/mol. The van der Waals surface area contributed by atoms with Crippen molar-refractivity contribution in [1.29, 1.82) is 0 Å². The van der Waals surface area contributed by atoms with Crippen LogP contribution in [0.25, 0.3) is 5.69 Å². The van der Waals surface area contributed by atoms with E-state index in [0.29, 0.717) is 5.88 Å². The Kier molecular flexibility index (Phi) is 4.94. The fraction of sp³-hybridized carbons (Fsp3) is 0.278. The van der Waals surface area contributed by atoms with Crippen molar-refractivity contribution in [2.24, 2.45) is 0 Å². The summed E-state index contributed by atoms with van der Waals surface area (Å²) in [6.45, 7) is 7.81. The Morgan fingerprint density at radius 1 is 1.32 bits per heavy atom. The molecule has 2 aromatic heterocycles. The third-order valence-corrected chi connectivity index (χ3v) is 5.05. The van der Waals surface area contributed by atoms with Crippen molar-refractivity contribution < 1.29 is 9.32 Å². The molecule has 0 aliphatic heterocycles. The molecule has 1 unspecified atom stereocenters. The minimum absolute atomic E-state index is 0.156. The first-order valence-corrected chi connectivity index (χ1v) is 8.84. The highest BCUT2D eigenvalue weighted by Gasteiger charge is 2.19. The molecule has 0 bridgehead atoms. The molecule has 0 fully saturated rings. The quantitative estimate of drug-likeness (QED) is 0.702. The topological polar surface area (TPSA) is 73.0 Å². The number of nitrogens with one attached hydrogen (secondary N) is 1. The van der Waals surface area contributed by atoms with Crippen LogP contribution >= 0.6 is 11.8 Å². The highest BCUT2D eigenvalue weighted by molar-refractivity contribution is 8.00. The molecule has 1 amide bonds. The van der Waals surface area contributed by atoms with Crippen LogP contribution in [0.4, 0.5) is 5.88 Å². The van der Waals surface area contributed by atoms with Gasteiger partial charge in [-0.3, -0.25) is 14.7 Å². The van der Waals surface area contributed by atoms with E-state index in [9.17, 15) is 4.79 Å². The van der Waals surface area contributed by atoms with E-state index in [4.69, 9.17) is 4.52 Å².